The van der Waals surface area contributed by atoms with Crippen molar-refractivity contribution in [3.8, 4) is 11.1 Å². The lowest BCUT2D eigenvalue weighted by atomic mass is 9.80. The maximum atomic E-state index is 13.2. The third-order valence-corrected chi connectivity index (χ3v) is 6.34. The molecule has 0 bridgehead atoms. The monoisotopic (exact) mass is 381 g/mol. The van der Waals surface area contributed by atoms with Crippen LogP contribution in [0.25, 0.3) is 16.6 Å². The molecule has 6 nitrogen and oxygen atoms in total. The molecule has 3 aromatic heterocycles. The van der Waals surface area contributed by atoms with Gasteiger partial charge in [-0.05, 0) is 42.4 Å². The van der Waals surface area contributed by atoms with E-state index in [0.717, 1.165) is 29.5 Å². The summed E-state index contributed by atoms with van der Waals surface area (Å²) >= 11 is 0. The minimum atomic E-state index is -0.526. The van der Waals surface area contributed by atoms with Gasteiger partial charge in [-0.2, -0.15) is 9.49 Å². The van der Waals surface area contributed by atoms with E-state index < -0.39 is 11.9 Å². The Bertz CT molecular complexity index is 1040. The fourth-order valence-corrected chi connectivity index (χ4v) is 4.04. The zero-order valence-electron chi connectivity index (χ0n) is 16.2. The molecule has 1 aliphatic rings. The van der Waals surface area contributed by atoms with E-state index in [1.165, 1.54) is 18.5 Å². The fourth-order valence-electron chi connectivity index (χ4n) is 4.04. The number of primary amides is 1. The Labute approximate surface area is 163 Å². The number of aromatic nitrogens is 3. The minimum absolute atomic E-state index is 0.0888. The highest BCUT2D eigenvalue weighted by Crippen LogP contribution is 2.44. The number of hydrogen-bond acceptors (Lipinski definition) is 4. The van der Waals surface area contributed by atoms with Gasteiger partial charge in [0, 0.05) is 29.6 Å². The van der Waals surface area contributed by atoms with Gasteiger partial charge in [-0.3, -0.25) is 4.79 Å². The summed E-state index contributed by atoms with van der Waals surface area (Å²) in [7, 11) is 0. The van der Waals surface area contributed by atoms with Gasteiger partial charge in [0.2, 0.25) is 5.95 Å². The van der Waals surface area contributed by atoms with Crippen LogP contribution in [0.5, 0.6) is 0 Å². The molecule has 0 unspecified atom stereocenters. The van der Waals surface area contributed by atoms with Crippen molar-refractivity contribution in [1.82, 2.24) is 14.6 Å². The molecule has 3 aromatic rings. The number of carbonyl (C=O) groups excluding carboxylic acids is 1. The van der Waals surface area contributed by atoms with Crippen LogP contribution in [0.1, 0.15) is 44.0 Å². The van der Waals surface area contributed by atoms with Crippen molar-refractivity contribution < 1.29 is 9.18 Å². The fraction of sp³-hybridized carbons (Fsp3) is 0.381. The Hall–Kier alpha value is -2.96. The largest absolute Gasteiger partial charge is 0.379 e. The summed E-state index contributed by atoms with van der Waals surface area (Å²) in [6, 6.07) is 5.13. The first-order chi connectivity index (χ1) is 13.3. The van der Waals surface area contributed by atoms with Crippen LogP contribution in [0.2, 0.25) is 0 Å². The quantitative estimate of drug-likeness (QED) is 0.672. The average molecular weight is 381 g/mol. The molecule has 7 heteroatoms. The van der Waals surface area contributed by atoms with Crippen molar-refractivity contribution in [3.63, 3.8) is 0 Å². The second-order valence-electron chi connectivity index (χ2n) is 8.22. The maximum Gasteiger partial charge on any atom is 0.252 e. The van der Waals surface area contributed by atoms with Gasteiger partial charge >= 0.3 is 0 Å². The predicted octanol–water partition coefficient (Wildman–Crippen LogP) is 3.87. The van der Waals surface area contributed by atoms with Crippen molar-refractivity contribution >= 4 is 17.1 Å². The van der Waals surface area contributed by atoms with E-state index in [-0.39, 0.29) is 11.5 Å². The second-order valence-corrected chi connectivity index (χ2v) is 8.22. The number of anilines is 1. The summed E-state index contributed by atoms with van der Waals surface area (Å²) in [6.07, 6.45) is 6.97. The van der Waals surface area contributed by atoms with E-state index in [1.807, 2.05) is 12.3 Å². The molecule has 3 N–H and O–H groups in total. The lowest BCUT2D eigenvalue weighted by molar-refractivity contribution is 0.100. The summed E-state index contributed by atoms with van der Waals surface area (Å²) in [5, 5.41) is 7.93. The minimum Gasteiger partial charge on any atom is -0.379 e. The third kappa shape index (κ3) is 3.00. The van der Waals surface area contributed by atoms with Gasteiger partial charge < -0.3 is 11.1 Å². The highest BCUT2D eigenvalue weighted by atomic mass is 19.1. The number of fused-ring (bicyclic) bond motifs is 1. The Morgan fingerprint density at radius 3 is 2.68 bits per heavy atom. The van der Waals surface area contributed by atoms with E-state index in [1.54, 1.807) is 10.6 Å². The predicted molar refractivity (Wildman–Crippen MR) is 106 cm³/mol. The molecule has 0 saturated heterocycles. The zero-order chi connectivity index (χ0) is 20.1. The average Bonchev–Trinajstić information content (AvgIpc) is 3.19. The molecule has 1 fully saturated rings. The van der Waals surface area contributed by atoms with Gasteiger partial charge in [0.05, 0.1) is 23.0 Å². The van der Waals surface area contributed by atoms with Crippen LogP contribution in [-0.4, -0.2) is 26.5 Å². The van der Waals surface area contributed by atoms with Crippen molar-refractivity contribution in [2.45, 2.75) is 39.7 Å². The Morgan fingerprint density at radius 2 is 2.07 bits per heavy atom. The second kappa shape index (κ2) is 6.58. The number of nitrogens with two attached hydrogens (primary N) is 1. The normalized spacial score (nSPS) is 21.1. The number of rotatable bonds is 4. The first-order valence-corrected chi connectivity index (χ1v) is 9.47. The van der Waals surface area contributed by atoms with E-state index in [0.29, 0.717) is 17.2 Å². The molecule has 28 heavy (non-hydrogen) atoms. The topological polar surface area (TPSA) is 85.3 Å². The van der Waals surface area contributed by atoms with Gasteiger partial charge in [-0.15, -0.1) is 0 Å². The first-order valence-electron chi connectivity index (χ1n) is 9.47. The highest BCUT2D eigenvalue weighted by Gasteiger charge is 2.41. The van der Waals surface area contributed by atoms with Crippen LogP contribution in [0.4, 0.5) is 10.1 Å². The molecule has 2 atom stereocenters. The molecule has 146 valence electrons. The summed E-state index contributed by atoms with van der Waals surface area (Å²) in [4.78, 5) is 15.8. The van der Waals surface area contributed by atoms with Crippen LogP contribution < -0.4 is 11.1 Å². The number of pyridine rings is 1. The number of carbonyl (C=O) groups is 1. The van der Waals surface area contributed by atoms with Gasteiger partial charge in [-0.25, -0.2) is 9.50 Å². The van der Waals surface area contributed by atoms with Crippen LogP contribution in [0.3, 0.4) is 0 Å². The van der Waals surface area contributed by atoms with Gasteiger partial charge in [0.25, 0.3) is 5.91 Å². The molecule has 4 rings (SSSR count). The van der Waals surface area contributed by atoms with Crippen LogP contribution in [-0.2, 0) is 0 Å². The number of nitrogens with zero attached hydrogens (tertiary/aromatic N) is 3. The summed E-state index contributed by atoms with van der Waals surface area (Å²) in [5.41, 5.74) is 9.14. The van der Waals surface area contributed by atoms with Gasteiger partial charge in [0.1, 0.15) is 0 Å². The van der Waals surface area contributed by atoms with Crippen molar-refractivity contribution in [2.75, 3.05) is 5.32 Å². The van der Waals surface area contributed by atoms with Gasteiger partial charge in [0.15, 0.2) is 0 Å². The Morgan fingerprint density at radius 1 is 1.29 bits per heavy atom. The number of halogens is 1. The molecule has 1 saturated carbocycles. The SMILES string of the molecule is C[C@H]1CC[C@@H](Nc2c(C(N)=O)cnn3cc(-c4ccc(F)nc4)cc23)C1(C)C. The number of nitrogens with one attached hydrogen (secondary N) is 1. The standard InChI is InChI=1S/C21H24FN5O/c1-12-4-6-17(21(12,2)3)26-19-15(20(23)28)10-25-27-11-14(8-16(19)27)13-5-7-18(22)24-9-13/h5,7-12,17,26H,4,6H2,1-3H3,(H2,23,28)/t12-,17+/m0/s1. The Kier molecular flexibility index (Phi) is 4.33. The van der Waals surface area contributed by atoms with Crippen LogP contribution in [0, 0.1) is 17.3 Å². The van der Waals surface area contributed by atoms with Crippen molar-refractivity contribution in [2.24, 2.45) is 17.1 Å². The molecule has 1 aliphatic carbocycles. The van der Waals surface area contributed by atoms with E-state index in [9.17, 15) is 9.18 Å². The number of amides is 1. The lowest BCUT2D eigenvalue weighted by Gasteiger charge is -2.33. The van der Waals surface area contributed by atoms with E-state index >= 15 is 0 Å². The van der Waals surface area contributed by atoms with E-state index in [4.69, 9.17) is 5.73 Å². The van der Waals surface area contributed by atoms with Crippen molar-refractivity contribution in [3.05, 3.63) is 48.3 Å². The highest BCUT2D eigenvalue weighted by molar-refractivity contribution is 6.02. The number of hydrogen-bond donors (Lipinski definition) is 2. The molecule has 3 heterocycles. The van der Waals surface area contributed by atoms with Crippen LogP contribution in [0.15, 0.2) is 36.8 Å². The van der Waals surface area contributed by atoms with E-state index in [2.05, 4.69) is 36.2 Å². The molecule has 0 radical (unpaired) electrons. The summed E-state index contributed by atoms with van der Waals surface area (Å²) in [5.74, 6) is -0.471. The molecule has 0 aliphatic heterocycles. The van der Waals surface area contributed by atoms with Crippen molar-refractivity contribution in [1.29, 1.82) is 0 Å². The molecule has 1 amide bonds. The van der Waals surface area contributed by atoms with Crippen LogP contribution >= 0.6 is 0 Å². The zero-order valence-corrected chi connectivity index (χ0v) is 16.2. The van der Waals surface area contributed by atoms with Gasteiger partial charge in [-0.1, -0.05) is 20.8 Å². The third-order valence-electron chi connectivity index (χ3n) is 6.34. The smallest absolute Gasteiger partial charge is 0.252 e. The Balaban J connectivity index is 1.82. The lowest BCUT2D eigenvalue weighted by Crippen LogP contribution is -2.35. The molecular formula is C21H24FN5O. The summed E-state index contributed by atoms with van der Waals surface area (Å²) in [6.45, 7) is 6.76. The first kappa shape index (κ1) is 18.4. The maximum absolute atomic E-state index is 13.2. The molecular weight excluding hydrogens is 357 g/mol. The molecule has 0 spiro atoms. The summed E-state index contributed by atoms with van der Waals surface area (Å²) < 4.78 is 14.9. The molecule has 0 aromatic carbocycles.